The van der Waals surface area contributed by atoms with Gasteiger partial charge in [0.1, 0.15) is 23.8 Å². The van der Waals surface area contributed by atoms with Crippen LogP contribution in [0.5, 0.6) is 0 Å². The Kier molecular flexibility index (Phi) is 4.81. The Morgan fingerprint density at radius 3 is 2.71 bits per heavy atom. The van der Waals surface area contributed by atoms with Crippen LogP contribution in [0.1, 0.15) is 18.2 Å². The van der Waals surface area contributed by atoms with Crippen LogP contribution in [0.15, 0.2) is 28.7 Å². The predicted molar refractivity (Wildman–Crippen MR) is 67.7 cm³/mol. The maximum atomic E-state index is 13.1. The molecule has 3 N–H and O–H groups in total. The Balaban J connectivity index is 1.99. The summed E-state index contributed by atoms with van der Waals surface area (Å²) in [6.45, 7) is -1.45. The second-order valence-electron chi connectivity index (χ2n) is 4.51. The summed E-state index contributed by atoms with van der Waals surface area (Å²) in [5.41, 5.74) is 2.92. The molecule has 1 unspecified atom stereocenters. The molecule has 0 spiro atoms. The Bertz CT molecular complexity index is 597. The van der Waals surface area contributed by atoms with Gasteiger partial charge in [-0.1, -0.05) is 0 Å². The molecular weight excluding hydrogens is 292 g/mol. The van der Waals surface area contributed by atoms with Gasteiger partial charge in [-0.15, -0.1) is 0 Å². The molecule has 4 nitrogen and oxygen atoms in total. The normalized spacial score (nSPS) is 13.8. The first-order valence-electron chi connectivity index (χ1n) is 6.18. The van der Waals surface area contributed by atoms with Crippen molar-refractivity contribution in [3.63, 3.8) is 0 Å². The molecule has 0 fully saturated rings. The molecule has 116 valence electrons. The van der Waals surface area contributed by atoms with Crippen molar-refractivity contribution in [3.8, 4) is 0 Å². The molecule has 2 aromatic rings. The number of hydrogen-bond donors (Lipinski definition) is 2. The van der Waals surface area contributed by atoms with Crippen LogP contribution in [-0.4, -0.2) is 19.4 Å². The van der Waals surface area contributed by atoms with E-state index in [1.54, 1.807) is 6.07 Å². The van der Waals surface area contributed by atoms with E-state index < -0.39 is 24.6 Å². The van der Waals surface area contributed by atoms with Crippen LogP contribution in [0.3, 0.4) is 0 Å². The second kappa shape index (κ2) is 6.42. The molecule has 0 aliphatic rings. The molecule has 1 aromatic carbocycles. The largest absolute Gasteiger partial charge is 0.459 e. The van der Waals surface area contributed by atoms with Gasteiger partial charge in [0, 0.05) is 12.0 Å². The highest BCUT2D eigenvalue weighted by Gasteiger charge is 2.27. The molecule has 0 saturated carbocycles. The Labute approximate surface area is 117 Å². The molecule has 2 rings (SSSR count). The van der Waals surface area contributed by atoms with Gasteiger partial charge in [0.05, 0.1) is 6.04 Å². The van der Waals surface area contributed by atoms with Crippen molar-refractivity contribution < 1.29 is 26.7 Å². The van der Waals surface area contributed by atoms with E-state index in [1.807, 2.05) is 0 Å². The molecule has 0 aliphatic carbocycles. The predicted octanol–water partition coefficient (Wildman–Crippen LogP) is 3.05. The molecule has 21 heavy (non-hydrogen) atoms. The van der Waals surface area contributed by atoms with Gasteiger partial charge in [0.2, 0.25) is 0 Å². The van der Waals surface area contributed by atoms with Crippen molar-refractivity contribution in [3.05, 3.63) is 35.8 Å². The zero-order valence-electron chi connectivity index (χ0n) is 10.9. The summed E-state index contributed by atoms with van der Waals surface area (Å²) in [5.74, 6) is 5.37. The molecule has 8 heteroatoms. The van der Waals surface area contributed by atoms with E-state index in [0.717, 1.165) is 0 Å². The minimum absolute atomic E-state index is 0.139. The molecule has 0 amide bonds. The first kappa shape index (κ1) is 15.7. The lowest BCUT2D eigenvalue weighted by Gasteiger charge is -2.13. The molecule has 1 heterocycles. The van der Waals surface area contributed by atoms with Crippen molar-refractivity contribution in [2.75, 3.05) is 13.2 Å². The van der Waals surface area contributed by atoms with Crippen molar-refractivity contribution in [2.45, 2.75) is 18.6 Å². The number of furan rings is 1. The van der Waals surface area contributed by atoms with E-state index in [4.69, 9.17) is 10.3 Å². The van der Waals surface area contributed by atoms with Crippen LogP contribution in [0.25, 0.3) is 11.0 Å². The van der Waals surface area contributed by atoms with Crippen LogP contribution in [0.4, 0.5) is 17.6 Å². The van der Waals surface area contributed by atoms with Gasteiger partial charge in [-0.05, 0) is 30.7 Å². The summed E-state index contributed by atoms with van der Waals surface area (Å²) in [6, 6.07) is 5.10. The monoisotopic (exact) mass is 306 g/mol. The van der Waals surface area contributed by atoms with E-state index >= 15 is 0 Å². The van der Waals surface area contributed by atoms with Gasteiger partial charge in [0.25, 0.3) is 0 Å². The quantitative estimate of drug-likeness (QED) is 0.373. The molecule has 0 saturated heterocycles. The fourth-order valence-electron chi connectivity index (χ4n) is 1.90. The fraction of sp³-hybridized carbons (Fsp3) is 0.385. The Morgan fingerprint density at radius 1 is 1.29 bits per heavy atom. The fourth-order valence-corrected chi connectivity index (χ4v) is 1.90. The average molecular weight is 306 g/mol. The number of hydrogen-bond acceptors (Lipinski definition) is 4. The van der Waals surface area contributed by atoms with Crippen LogP contribution >= 0.6 is 0 Å². The van der Waals surface area contributed by atoms with Gasteiger partial charge >= 0.3 is 6.18 Å². The molecule has 1 atom stereocenters. The first-order valence-corrected chi connectivity index (χ1v) is 6.18. The lowest BCUT2D eigenvalue weighted by Crippen LogP contribution is -2.29. The number of alkyl halides is 3. The standard InChI is InChI=1S/C13H14F4N2O2/c14-9-1-2-11-8(5-9)6-12(21-11)10(19-18)3-4-20-7-13(15,16)17/h1-2,5-6,10,19H,3-4,7,18H2. The van der Waals surface area contributed by atoms with E-state index in [1.165, 1.54) is 18.2 Å². The number of nitrogens with two attached hydrogens (primary N) is 1. The highest BCUT2D eigenvalue weighted by molar-refractivity contribution is 5.78. The minimum atomic E-state index is -4.36. The van der Waals surface area contributed by atoms with E-state index in [2.05, 4.69) is 10.2 Å². The average Bonchev–Trinajstić information content (AvgIpc) is 2.80. The van der Waals surface area contributed by atoms with Crippen molar-refractivity contribution in [1.29, 1.82) is 0 Å². The SMILES string of the molecule is NNC(CCOCC(F)(F)F)c1cc2cc(F)ccc2o1. The number of ether oxygens (including phenoxy) is 1. The molecule has 0 aliphatic heterocycles. The topological polar surface area (TPSA) is 60.4 Å². The Morgan fingerprint density at radius 2 is 2.05 bits per heavy atom. The number of hydrazine groups is 1. The van der Waals surface area contributed by atoms with Gasteiger partial charge in [-0.2, -0.15) is 13.2 Å². The summed E-state index contributed by atoms with van der Waals surface area (Å²) in [6.07, 6.45) is -4.17. The smallest absolute Gasteiger partial charge is 0.411 e. The zero-order chi connectivity index (χ0) is 15.5. The summed E-state index contributed by atoms with van der Waals surface area (Å²) >= 11 is 0. The summed E-state index contributed by atoms with van der Waals surface area (Å²) in [4.78, 5) is 0. The minimum Gasteiger partial charge on any atom is -0.459 e. The van der Waals surface area contributed by atoms with Gasteiger partial charge < -0.3 is 9.15 Å². The number of benzene rings is 1. The van der Waals surface area contributed by atoms with Gasteiger partial charge in [0.15, 0.2) is 0 Å². The van der Waals surface area contributed by atoms with Crippen LogP contribution in [0.2, 0.25) is 0 Å². The lowest BCUT2D eigenvalue weighted by atomic mass is 10.1. The van der Waals surface area contributed by atoms with E-state index in [0.29, 0.717) is 16.7 Å². The third kappa shape index (κ3) is 4.42. The second-order valence-corrected chi connectivity index (χ2v) is 4.51. The number of halogens is 4. The highest BCUT2D eigenvalue weighted by Crippen LogP contribution is 2.26. The number of fused-ring (bicyclic) bond motifs is 1. The molecule has 1 aromatic heterocycles. The Hall–Kier alpha value is -1.64. The van der Waals surface area contributed by atoms with E-state index in [9.17, 15) is 17.6 Å². The summed E-state index contributed by atoms with van der Waals surface area (Å²) < 4.78 is 58.9. The molecular formula is C13H14F4N2O2. The maximum absolute atomic E-state index is 13.1. The van der Waals surface area contributed by atoms with Crippen molar-refractivity contribution >= 4 is 11.0 Å². The number of rotatable bonds is 6. The zero-order valence-corrected chi connectivity index (χ0v) is 10.9. The molecule has 0 bridgehead atoms. The highest BCUT2D eigenvalue weighted by atomic mass is 19.4. The number of nitrogens with one attached hydrogen (secondary N) is 1. The van der Waals surface area contributed by atoms with Crippen LogP contribution < -0.4 is 11.3 Å². The summed E-state index contributed by atoms with van der Waals surface area (Å²) in [7, 11) is 0. The summed E-state index contributed by atoms with van der Waals surface area (Å²) in [5, 5.41) is 0.557. The lowest BCUT2D eigenvalue weighted by molar-refractivity contribution is -0.174. The first-order chi connectivity index (χ1) is 9.89. The van der Waals surface area contributed by atoms with Crippen molar-refractivity contribution in [2.24, 2.45) is 5.84 Å². The maximum Gasteiger partial charge on any atom is 0.411 e. The third-order valence-corrected chi connectivity index (χ3v) is 2.86. The third-order valence-electron chi connectivity index (χ3n) is 2.86. The van der Waals surface area contributed by atoms with E-state index in [-0.39, 0.29) is 13.0 Å². The van der Waals surface area contributed by atoms with Crippen molar-refractivity contribution in [1.82, 2.24) is 5.43 Å². The molecule has 0 radical (unpaired) electrons. The van der Waals surface area contributed by atoms with Gasteiger partial charge in [-0.3, -0.25) is 5.84 Å². The van der Waals surface area contributed by atoms with Crippen LogP contribution in [-0.2, 0) is 4.74 Å². The van der Waals surface area contributed by atoms with Crippen LogP contribution in [0, 0.1) is 5.82 Å². The van der Waals surface area contributed by atoms with Gasteiger partial charge in [-0.25, -0.2) is 9.82 Å².